The van der Waals surface area contributed by atoms with Gasteiger partial charge in [-0.25, -0.2) is 4.98 Å². The highest BCUT2D eigenvalue weighted by Gasteiger charge is 2.14. The fourth-order valence-electron chi connectivity index (χ4n) is 2.29. The number of ether oxygens (including phenoxy) is 1. The van der Waals surface area contributed by atoms with Gasteiger partial charge in [0, 0.05) is 19.8 Å². The number of hydrogen-bond acceptors (Lipinski definition) is 4. The van der Waals surface area contributed by atoms with E-state index in [0.29, 0.717) is 11.5 Å². The third-order valence-corrected chi connectivity index (χ3v) is 3.42. The Kier molecular flexibility index (Phi) is 4.16. The van der Waals surface area contributed by atoms with Crippen LogP contribution in [0.4, 0.5) is 5.82 Å². The second-order valence-corrected chi connectivity index (χ2v) is 4.83. The number of nitrogens with zero attached hydrogens (tertiary/aromatic N) is 2. The smallest absolute Gasteiger partial charge is 0.126 e. The van der Waals surface area contributed by atoms with Crippen LogP contribution in [0.5, 0.6) is 0 Å². The molecule has 0 saturated carbocycles. The van der Waals surface area contributed by atoms with E-state index in [1.54, 1.807) is 0 Å². The maximum Gasteiger partial charge on any atom is 0.126 e. The van der Waals surface area contributed by atoms with Gasteiger partial charge in [-0.2, -0.15) is 5.26 Å². The van der Waals surface area contributed by atoms with Crippen molar-refractivity contribution in [3.63, 3.8) is 0 Å². The fraction of sp³-hybridized carbons (Fsp3) is 0.571. The summed E-state index contributed by atoms with van der Waals surface area (Å²) in [6.07, 6.45) is 2.22. The average molecular weight is 245 g/mol. The lowest BCUT2D eigenvalue weighted by Crippen LogP contribution is -2.23. The van der Waals surface area contributed by atoms with Gasteiger partial charge in [0.05, 0.1) is 11.3 Å². The molecule has 1 aromatic heterocycles. The predicted molar refractivity (Wildman–Crippen MR) is 70.5 cm³/mol. The zero-order valence-electron chi connectivity index (χ0n) is 11.0. The second kappa shape index (κ2) is 5.83. The molecule has 1 aliphatic heterocycles. The molecule has 2 heterocycles. The van der Waals surface area contributed by atoms with Crippen molar-refractivity contribution in [3.8, 4) is 6.07 Å². The lowest BCUT2D eigenvalue weighted by molar-refractivity contribution is 0.0699. The molecule has 0 radical (unpaired) electrons. The summed E-state index contributed by atoms with van der Waals surface area (Å²) in [5.41, 5.74) is 2.47. The minimum atomic E-state index is 0.664. The molecular weight excluding hydrogens is 226 g/mol. The van der Waals surface area contributed by atoms with Crippen molar-refractivity contribution in [1.29, 1.82) is 5.26 Å². The second-order valence-electron chi connectivity index (χ2n) is 4.83. The Labute approximate surface area is 108 Å². The van der Waals surface area contributed by atoms with Crippen molar-refractivity contribution < 1.29 is 4.74 Å². The summed E-state index contributed by atoms with van der Waals surface area (Å²) in [6, 6.07) is 4.14. The van der Waals surface area contributed by atoms with Crippen LogP contribution in [-0.4, -0.2) is 24.7 Å². The SMILES string of the molecule is Cc1cc(NCC2CCOCC2)nc(C)c1C#N. The summed E-state index contributed by atoms with van der Waals surface area (Å²) >= 11 is 0. The van der Waals surface area contributed by atoms with Crippen molar-refractivity contribution in [2.24, 2.45) is 5.92 Å². The Morgan fingerprint density at radius 2 is 2.17 bits per heavy atom. The molecule has 0 aromatic carbocycles. The van der Waals surface area contributed by atoms with Crippen molar-refractivity contribution in [2.45, 2.75) is 26.7 Å². The van der Waals surface area contributed by atoms with Gasteiger partial charge in [-0.3, -0.25) is 0 Å². The van der Waals surface area contributed by atoms with E-state index in [9.17, 15) is 0 Å². The first-order chi connectivity index (χ1) is 8.70. The van der Waals surface area contributed by atoms with Crippen LogP contribution in [0.2, 0.25) is 0 Å². The summed E-state index contributed by atoms with van der Waals surface area (Å²) in [5, 5.41) is 12.4. The number of rotatable bonds is 3. The van der Waals surface area contributed by atoms with Crippen LogP contribution < -0.4 is 5.32 Å². The molecule has 0 atom stereocenters. The molecule has 0 aliphatic carbocycles. The number of anilines is 1. The average Bonchev–Trinajstić information content (AvgIpc) is 2.37. The van der Waals surface area contributed by atoms with E-state index in [1.807, 2.05) is 19.9 Å². The van der Waals surface area contributed by atoms with Crippen LogP contribution in [0.15, 0.2) is 6.07 Å². The minimum Gasteiger partial charge on any atom is -0.381 e. The molecule has 1 saturated heterocycles. The molecular formula is C14H19N3O. The molecule has 18 heavy (non-hydrogen) atoms. The van der Waals surface area contributed by atoms with E-state index in [1.165, 1.54) is 0 Å². The van der Waals surface area contributed by atoms with Crippen molar-refractivity contribution in [1.82, 2.24) is 4.98 Å². The molecule has 0 spiro atoms. The molecule has 4 heteroatoms. The van der Waals surface area contributed by atoms with Crippen molar-refractivity contribution in [2.75, 3.05) is 25.1 Å². The molecule has 0 unspecified atom stereocenters. The maximum atomic E-state index is 9.00. The third kappa shape index (κ3) is 2.99. The van der Waals surface area contributed by atoms with E-state index in [2.05, 4.69) is 16.4 Å². The number of hydrogen-bond donors (Lipinski definition) is 1. The van der Waals surface area contributed by atoms with Gasteiger partial charge in [-0.05, 0) is 44.2 Å². The minimum absolute atomic E-state index is 0.664. The van der Waals surface area contributed by atoms with Gasteiger partial charge in [0.15, 0.2) is 0 Å². The lowest BCUT2D eigenvalue weighted by Gasteiger charge is -2.22. The van der Waals surface area contributed by atoms with Gasteiger partial charge >= 0.3 is 0 Å². The van der Waals surface area contributed by atoms with Gasteiger partial charge in [-0.15, -0.1) is 0 Å². The van der Waals surface area contributed by atoms with E-state index < -0.39 is 0 Å². The Bertz CT molecular complexity index is 436. The highest BCUT2D eigenvalue weighted by atomic mass is 16.5. The third-order valence-electron chi connectivity index (χ3n) is 3.42. The molecule has 2 rings (SSSR count). The number of aryl methyl sites for hydroxylation is 2. The Balaban J connectivity index is 1.99. The molecule has 0 bridgehead atoms. The highest BCUT2D eigenvalue weighted by Crippen LogP contribution is 2.18. The van der Waals surface area contributed by atoms with Crippen LogP contribution in [0.1, 0.15) is 29.7 Å². The molecule has 1 aliphatic rings. The van der Waals surface area contributed by atoms with Crippen LogP contribution in [0, 0.1) is 31.1 Å². The molecule has 1 aromatic rings. The monoisotopic (exact) mass is 245 g/mol. The highest BCUT2D eigenvalue weighted by molar-refractivity contribution is 5.48. The van der Waals surface area contributed by atoms with Gasteiger partial charge in [0.25, 0.3) is 0 Å². The lowest BCUT2D eigenvalue weighted by atomic mass is 10.0. The van der Waals surface area contributed by atoms with E-state index in [-0.39, 0.29) is 0 Å². The number of pyridine rings is 1. The molecule has 96 valence electrons. The topological polar surface area (TPSA) is 57.9 Å². The largest absolute Gasteiger partial charge is 0.381 e. The summed E-state index contributed by atoms with van der Waals surface area (Å²) in [5.74, 6) is 1.53. The number of nitriles is 1. The summed E-state index contributed by atoms with van der Waals surface area (Å²) < 4.78 is 5.34. The van der Waals surface area contributed by atoms with Gasteiger partial charge in [0.1, 0.15) is 11.9 Å². The standard InChI is InChI=1S/C14H19N3O/c1-10-7-14(17-11(2)13(10)8-15)16-9-12-3-5-18-6-4-12/h7,12H,3-6,9H2,1-2H3,(H,16,17). The summed E-state index contributed by atoms with van der Waals surface area (Å²) in [7, 11) is 0. The van der Waals surface area contributed by atoms with E-state index in [4.69, 9.17) is 10.00 Å². The number of nitrogens with one attached hydrogen (secondary N) is 1. The van der Waals surface area contributed by atoms with Crippen LogP contribution >= 0.6 is 0 Å². The maximum absolute atomic E-state index is 9.00. The van der Waals surface area contributed by atoms with E-state index in [0.717, 1.165) is 49.7 Å². The zero-order chi connectivity index (χ0) is 13.0. The molecule has 1 fully saturated rings. The van der Waals surface area contributed by atoms with Gasteiger partial charge in [0.2, 0.25) is 0 Å². The molecule has 0 amide bonds. The molecule has 1 N–H and O–H groups in total. The Morgan fingerprint density at radius 1 is 1.44 bits per heavy atom. The first kappa shape index (κ1) is 12.8. The first-order valence-electron chi connectivity index (χ1n) is 6.40. The van der Waals surface area contributed by atoms with Crippen LogP contribution in [-0.2, 0) is 4.74 Å². The zero-order valence-corrected chi connectivity index (χ0v) is 11.0. The molecule has 4 nitrogen and oxygen atoms in total. The van der Waals surface area contributed by atoms with Gasteiger partial charge in [-0.1, -0.05) is 0 Å². The van der Waals surface area contributed by atoms with Crippen LogP contribution in [0.25, 0.3) is 0 Å². The normalized spacial score (nSPS) is 16.3. The summed E-state index contributed by atoms with van der Waals surface area (Å²) in [4.78, 5) is 4.42. The Hall–Kier alpha value is -1.60. The Morgan fingerprint density at radius 3 is 2.78 bits per heavy atom. The van der Waals surface area contributed by atoms with Crippen LogP contribution in [0.3, 0.4) is 0 Å². The first-order valence-corrected chi connectivity index (χ1v) is 6.40. The fourth-order valence-corrected chi connectivity index (χ4v) is 2.29. The summed E-state index contributed by atoms with van der Waals surface area (Å²) in [6.45, 7) is 6.50. The van der Waals surface area contributed by atoms with E-state index >= 15 is 0 Å². The number of aromatic nitrogens is 1. The quantitative estimate of drug-likeness (QED) is 0.888. The van der Waals surface area contributed by atoms with Crippen molar-refractivity contribution in [3.05, 3.63) is 22.9 Å². The predicted octanol–water partition coefficient (Wildman–Crippen LogP) is 2.41. The van der Waals surface area contributed by atoms with Crippen molar-refractivity contribution >= 4 is 5.82 Å². The van der Waals surface area contributed by atoms with Gasteiger partial charge < -0.3 is 10.1 Å².